The van der Waals surface area contributed by atoms with Crippen LogP contribution in [0.4, 0.5) is 5.69 Å². The van der Waals surface area contributed by atoms with E-state index in [-0.39, 0.29) is 19.0 Å². The average molecular weight is 470 g/mol. The van der Waals surface area contributed by atoms with Crippen LogP contribution < -0.4 is 10.2 Å². The number of amides is 2. The van der Waals surface area contributed by atoms with Gasteiger partial charge in [0.2, 0.25) is 5.91 Å². The van der Waals surface area contributed by atoms with E-state index in [1.807, 2.05) is 42.5 Å². The van der Waals surface area contributed by atoms with Crippen molar-refractivity contribution in [1.82, 2.24) is 20.3 Å². The van der Waals surface area contributed by atoms with E-state index in [1.54, 1.807) is 43.3 Å². The Bertz CT molecular complexity index is 1440. The number of hydrogen-bond acceptors (Lipinski definition) is 6. The van der Waals surface area contributed by atoms with Gasteiger partial charge >= 0.3 is 0 Å². The lowest BCUT2D eigenvalue weighted by molar-refractivity contribution is -0.127. The summed E-state index contributed by atoms with van der Waals surface area (Å²) in [6, 6.07) is 22.4. The molecule has 35 heavy (non-hydrogen) atoms. The third kappa shape index (κ3) is 4.70. The van der Waals surface area contributed by atoms with Gasteiger partial charge in [-0.05, 0) is 55.5 Å². The van der Waals surface area contributed by atoms with Crippen molar-refractivity contribution < 1.29 is 18.4 Å². The van der Waals surface area contributed by atoms with Gasteiger partial charge < -0.3 is 14.2 Å². The van der Waals surface area contributed by atoms with E-state index in [4.69, 9.17) is 8.83 Å². The Hall–Kier alpha value is -4.66. The second-order valence-corrected chi connectivity index (χ2v) is 7.98. The number of anilines is 1. The van der Waals surface area contributed by atoms with Crippen LogP contribution in [0.3, 0.4) is 0 Å². The van der Waals surface area contributed by atoms with Gasteiger partial charge in [-0.2, -0.15) is 0 Å². The fourth-order valence-corrected chi connectivity index (χ4v) is 3.92. The van der Waals surface area contributed by atoms with Gasteiger partial charge in [0.15, 0.2) is 6.04 Å². The number of para-hydroxylation sites is 2. The minimum absolute atomic E-state index is 0.114. The van der Waals surface area contributed by atoms with E-state index in [2.05, 4.69) is 15.6 Å². The number of benzene rings is 2. The monoisotopic (exact) mass is 469 g/mol. The van der Waals surface area contributed by atoms with Crippen molar-refractivity contribution in [2.24, 2.45) is 0 Å². The first-order valence-corrected chi connectivity index (χ1v) is 11.1. The Morgan fingerprint density at radius 3 is 2.54 bits per heavy atom. The molecule has 0 aliphatic rings. The molecule has 0 saturated heterocycles. The molecule has 0 saturated carbocycles. The van der Waals surface area contributed by atoms with Gasteiger partial charge in [0.25, 0.3) is 5.91 Å². The van der Waals surface area contributed by atoms with Crippen LogP contribution in [0.25, 0.3) is 11.0 Å². The van der Waals surface area contributed by atoms with Gasteiger partial charge in [-0.3, -0.25) is 14.5 Å². The van der Waals surface area contributed by atoms with Crippen LogP contribution in [0.1, 0.15) is 23.3 Å². The second kappa shape index (κ2) is 9.68. The van der Waals surface area contributed by atoms with E-state index in [9.17, 15) is 9.59 Å². The molecule has 176 valence electrons. The number of furan rings is 2. The molecular weight excluding hydrogens is 446 g/mol. The number of aromatic nitrogens is 3. The van der Waals surface area contributed by atoms with Crippen molar-refractivity contribution in [3.05, 3.63) is 102 Å². The number of carbonyl (C=O) groups excluding carboxylic acids is 2. The minimum atomic E-state index is -1.05. The van der Waals surface area contributed by atoms with Gasteiger partial charge in [-0.25, -0.2) is 4.68 Å². The van der Waals surface area contributed by atoms with E-state index in [0.717, 1.165) is 5.52 Å². The zero-order valence-electron chi connectivity index (χ0n) is 19.0. The molecule has 9 heteroatoms. The molecule has 3 heterocycles. The summed E-state index contributed by atoms with van der Waals surface area (Å²) in [5.41, 5.74) is 1.96. The predicted octanol–water partition coefficient (Wildman–Crippen LogP) is 4.02. The van der Waals surface area contributed by atoms with Gasteiger partial charge in [-0.15, -0.1) is 5.10 Å². The molecule has 3 aromatic heterocycles. The molecule has 1 N–H and O–H groups in total. The summed E-state index contributed by atoms with van der Waals surface area (Å²) in [6.07, 6.45) is 1.54. The maximum absolute atomic E-state index is 13.8. The Kier molecular flexibility index (Phi) is 6.13. The van der Waals surface area contributed by atoms with Crippen LogP contribution in [-0.4, -0.2) is 26.8 Å². The maximum Gasteiger partial charge on any atom is 0.251 e. The van der Waals surface area contributed by atoms with Crippen molar-refractivity contribution in [2.45, 2.75) is 26.1 Å². The molecule has 2 amide bonds. The quantitative estimate of drug-likeness (QED) is 0.368. The fraction of sp³-hybridized carbons (Fsp3) is 0.154. The summed E-state index contributed by atoms with van der Waals surface area (Å²) in [4.78, 5) is 28.8. The first kappa shape index (κ1) is 22.1. The minimum Gasteiger partial charge on any atom is -0.467 e. The van der Waals surface area contributed by atoms with Crippen LogP contribution >= 0.6 is 0 Å². The molecule has 1 atom stereocenters. The van der Waals surface area contributed by atoms with Crippen LogP contribution in [0.5, 0.6) is 0 Å². The van der Waals surface area contributed by atoms with E-state index in [1.165, 1.54) is 15.8 Å². The molecular formula is C26H23N5O4. The molecule has 0 radical (unpaired) electrons. The van der Waals surface area contributed by atoms with Crippen molar-refractivity contribution in [3.63, 3.8) is 0 Å². The number of carbonyl (C=O) groups is 2. The summed E-state index contributed by atoms with van der Waals surface area (Å²) in [7, 11) is 0. The number of fused-ring (bicyclic) bond motifs is 1. The number of nitrogens with zero attached hydrogens (tertiary/aromatic N) is 4. The predicted molar refractivity (Wildman–Crippen MR) is 128 cm³/mol. The molecule has 9 nitrogen and oxygen atoms in total. The van der Waals surface area contributed by atoms with Crippen molar-refractivity contribution >= 4 is 28.5 Å². The highest BCUT2D eigenvalue weighted by Crippen LogP contribution is 2.30. The smallest absolute Gasteiger partial charge is 0.251 e. The Morgan fingerprint density at radius 2 is 1.80 bits per heavy atom. The molecule has 0 aliphatic carbocycles. The summed E-state index contributed by atoms with van der Waals surface area (Å²) in [5.74, 6) is 0.821. The highest BCUT2D eigenvalue weighted by Gasteiger charge is 2.35. The lowest BCUT2D eigenvalue weighted by Crippen LogP contribution is -2.45. The summed E-state index contributed by atoms with van der Waals surface area (Å²) in [5, 5.41) is 11.1. The maximum atomic E-state index is 13.8. The van der Waals surface area contributed by atoms with Gasteiger partial charge in [0.05, 0.1) is 18.3 Å². The van der Waals surface area contributed by atoms with Crippen LogP contribution in [0.2, 0.25) is 0 Å². The molecule has 0 spiro atoms. The Balaban J connectivity index is 1.52. The SMILES string of the molecule is Cc1ccc([C@@H](C(=O)NCc2ccco2)N(C(=O)Cn2nnc3ccccc32)c2ccccc2)o1. The van der Waals surface area contributed by atoms with Crippen molar-refractivity contribution in [2.75, 3.05) is 4.90 Å². The summed E-state index contributed by atoms with van der Waals surface area (Å²) >= 11 is 0. The zero-order valence-corrected chi connectivity index (χ0v) is 19.0. The Morgan fingerprint density at radius 1 is 1.00 bits per heavy atom. The normalized spacial score (nSPS) is 11.9. The van der Waals surface area contributed by atoms with Crippen LogP contribution in [0.15, 0.2) is 94.0 Å². The molecule has 2 aromatic carbocycles. The third-order valence-corrected chi connectivity index (χ3v) is 5.56. The lowest BCUT2D eigenvalue weighted by atomic mass is 10.1. The van der Waals surface area contributed by atoms with Crippen molar-refractivity contribution in [3.8, 4) is 0 Å². The van der Waals surface area contributed by atoms with Crippen molar-refractivity contribution in [1.29, 1.82) is 0 Å². The van der Waals surface area contributed by atoms with Crippen LogP contribution in [-0.2, 0) is 22.7 Å². The molecule has 0 aliphatic heterocycles. The van der Waals surface area contributed by atoms with E-state index >= 15 is 0 Å². The van der Waals surface area contributed by atoms with E-state index < -0.39 is 11.9 Å². The number of nitrogens with one attached hydrogen (secondary N) is 1. The molecule has 0 fully saturated rings. The molecule has 0 unspecified atom stereocenters. The third-order valence-electron chi connectivity index (χ3n) is 5.56. The number of hydrogen-bond donors (Lipinski definition) is 1. The van der Waals surface area contributed by atoms with E-state index in [0.29, 0.717) is 28.5 Å². The van der Waals surface area contributed by atoms with Gasteiger partial charge in [0.1, 0.15) is 29.3 Å². The molecule has 5 aromatic rings. The highest BCUT2D eigenvalue weighted by atomic mass is 16.3. The number of rotatable bonds is 8. The largest absolute Gasteiger partial charge is 0.467 e. The average Bonchev–Trinajstić information content (AvgIpc) is 3.63. The zero-order chi connectivity index (χ0) is 24.2. The second-order valence-electron chi connectivity index (χ2n) is 7.98. The standard InChI is InChI=1S/C26H23N5O4/c1-18-13-14-23(35-18)25(26(33)27-16-20-10-7-15-34-20)31(19-8-3-2-4-9-19)24(32)17-30-22-12-6-5-11-21(22)28-29-30/h2-15,25H,16-17H2,1H3,(H,27,33)/t25-/m0/s1. The van der Waals surface area contributed by atoms with Gasteiger partial charge in [0, 0.05) is 5.69 Å². The van der Waals surface area contributed by atoms with Gasteiger partial charge in [-0.1, -0.05) is 35.5 Å². The first-order valence-electron chi connectivity index (χ1n) is 11.1. The topological polar surface area (TPSA) is 106 Å². The van der Waals surface area contributed by atoms with Crippen LogP contribution in [0, 0.1) is 6.92 Å². The molecule has 5 rings (SSSR count). The molecule has 0 bridgehead atoms. The summed E-state index contributed by atoms with van der Waals surface area (Å²) < 4.78 is 12.7. The summed E-state index contributed by atoms with van der Waals surface area (Å²) in [6.45, 7) is 1.85. The first-order chi connectivity index (χ1) is 17.1. The Labute approximate surface area is 200 Å². The fourth-order valence-electron chi connectivity index (χ4n) is 3.92. The lowest BCUT2D eigenvalue weighted by Gasteiger charge is -2.30. The number of aryl methyl sites for hydroxylation is 1. The highest BCUT2D eigenvalue weighted by molar-refractivity contribution is 6.01.